The molecule has 3 aliphatic rings. The second kappa shape index (κ2) is 13.0. The van der Waals surface area contributed by atoms with Crippen LogP contribution in [-0.4, -0.2) is 109 Å². The predicted octanol–water partition coefficient (Wildman–Crippen LogP) is -0.482. The van der Waals surface area contributed by atoms with E-state index in [2.05, 4.69) is 0 Å². The number of fused-ring (bicyclic) bond motifs is 1. The number of allylic oxidation sites excluding steroid dienone is 1. The van der Waals surface area contributed by atoms with E-state index in [0.717, 1.165) is 11.6 Å². The number of aromatic hydroxyl groups is 1. The summed E-state index contributed by atoms with van der Waals surface area (Å²) in [6.07, 6.45) is -2.62. The number of aliphatic hydroxyl groups excluding tert-OH is 4. The Kier molecular flexibility index (Phi) is 9.66. The molecule has 8 atom stereocenters. The Labute approximate surface area is 230 Å². The van der Waals surface area contributed by atoms with Crippen LogP contribution in [-0.2, 0) is 28.5 Å². The number of hydrogen-bond acceptors (Lipinski definition) is 13. The van der Waals surface area contributed by atoms with Crippen LogP contribution in [0.1, 0.15) is 12.0 Å². The molecule has 0 aromatic heterocycles. The van der Waals surface area contributed by atoms with Crippen LogP contribution in [0.2, 0.25) is 0 Å². The summed E-state index contributed by atoms with van der Waals surface area (Å²) in [7, 11) is 2.73. The van der Waals surface area contributed by atoms with Gasteiger partial charge in [0.2, 0.25) is 5.75 Å². The largest absolute Gasteiger partial charge is 0.502 e. The Morgan fingerprint density at radius 1 is 1.07 bits per heavy atom. The van der Waals surface area contributed by atoms with Crippen LogP contribution in [0.5, 0.6) is 17.2 Å². The van der Waals surface area contributed by atoms with Crippen molar-refractivity contribution in [3.8, 4) is 17.2 Å². The SMILES string of the molecule is COc1cc(/C=C/C(=O)OC[C@H]2O[C@H](OC[C@H]3C(=O)OC[C@H]4C(CO)=CC[C@@H]34)[C@H](O)[C@@H](O)[C@@H]2O)cc(OC)c1O. The van der Waals surface area contributed by atoms with Crippen LogP contribution in [0.15, 0.2) is 29.9 Å². The minimum Gasteiger partial charge on any atom is -0.502 e. The molecule has 2 saturated heterocycles. The Morgan fingerprint density at radius 2 is 1.77 bits per heavy atom. The number of phenols is 1. The number of cyclic esters (lactones) is 1. The van der Waals surface area contributed by atoms with E-state index in [1.165, 1.54) is 32.4 Å². The van der Waals surface area contributed by atoms with Crippen molar-refractivity contribution in [2.45, 2.75) is 37.1 Å². The van der Waals surface area contributed by atoms with Gasteiger partial charge in [-0.1, -0.05) is 6.08 Å². The van der Waals surface area contributed by atoms with Crippen LogP contribution in [0.3, 0.4) is 0 Å². The van der Waals surface area contributed by atoms with Crippen molar-refractivity contribution in [1.29, 1.82) is 0 Å². The highest BCUT2D eigenvalue weighted by Gasteiger charge is 2.47. The van der Waals surface area contributed by atoms with Crippen LogP contribution in [0.25, 0.3) is 6.08 Å². The Bertz CT molecular complexity index is 1110. The summed E-state index contributed by atoms with van der Waals surface area (Å²) in [5, 5.41) is 50.7. The zero-order valence-corrected chi connectivity index (χ0v) is 22.0. The molecule has 13 nitrogen and oxygen atoms in total. The summed E-state index contributed by atoms with van der Waals surface area (Å²) in [4.78, 5) is 24.7. The molecule has 4 rings (SSSR count). The van der Waals surface area contributed by atoms with Gasteiger partial charge in [0.15, 0.2) is 17.8 Å². The molecule has 0 saturated carbocycles. The molecule has 1 aromatic carbocycles. The first-order valence-corrected chi connectivity index (χ1v) is 12.8. The van der Waals surface area contributed by atoms with E-state index in [1.54, 1.807) is 0 Å². The summed E-state index contributed by atoms with van der Waals surface area (Å²) >= 11 is 0. The number of carbonyl (C=O) groups is 2. The molecule has 2 fully saturated rings. The highest BCUT2D eigenvalue weighted by atomic mass is 16.7. The summed E-state index contributed by atoms with van der Waals surface area (Å²) < 4.78 is 31.8. The number of hydrogen-bond donors (Lipinski definition) is 5. The number of methoxy groups -OCH3 is 2. The van der Waals surface area contributed by atoms with Crippen molar-refractivity contribution < 1.29 is 63.5 Å². The average Bonchev–Trinajstić information content (AvgIpc) is 3.38. The summed E-state index contributed by atoms with van der Waals surface area (Å²) in [5.74, 6) is -2.13. The van der Waals surface area contributed by atoms with Crippen molar-refractivity contribution in [2.24, 2.45) is 17.8 Å². The van der Waals surface area contributed by atoms with E-state index in [4.69, 9.17) is 28.4 Å². The first kappa shape index (κ1) is 29.8. The van der Waals surface area contributed by atoms with Gasteiger partial charge in [-0.05, 0) is 41.7 Å². The zero-order valence-electron chi connectivity index (χ0n) is 22.0. The van der Waals surface area contributed by atoms with Gasteiger partial charge in [-0.2, -0.15) is 0 Å². The first-order valence-electron chi connectivity index (χ1n) is 12.8. The number of rotatable bonds is 10. The molecule has 2 aliphatic heterocycles. The van der Waals surface area contributed by atoms with E-state index in [1.807, 2.05) is 6.08 Å². The van der Waals surface area contributed by atoms with Gasteiger partial charge in [0, 0.05) is 12.0 Å². The number of ether oxygens (including phenoxy) is 6. The first-order chi connectivity index (χ1) is 19.2. The molecular weight excluding hydrogens is 532 g/mol. The fourth-order valence-corrected chi connectivity index (χ4v) is 5.16. The zero-order chi connectivity index (χ0) is 29.0. The third kappa shape index (κ3) is 6.24. The average molecular weight is 567 g/mol. The second-order valence-electron chi connectivity index (χ2n) is 9.77. The number of aliphatic hydroxyl groups is 4. The van der Waals surface area contributed by atoms with E-state index in [-0.39, 0.29) is 48.9 Å². The number of carbonyl (C=O) groups excluding carboxylic acids is 2. The van der Waals surface area contributed by atoms with E-state index >= 15 is 0 Å². The maximum absolute atomic E-state index is 12.4. The fourth-order valence-electron chi connectivity index (χ4n) is 5.16. The third-order valence-corrected chi connectivity index (χ3v) is 7.47. The van der Waals surface area contributed by atoms with Crippen LogP contribution >= 0.6 is 0 Å². The van der Waals surface area contributed by atoms with Crippen molar-refractivity contribution >= 4 is 18.0 Å². The van der Waals surface area contributed by atoms with Gasteiger partial charge in [-0.25, -0.2) is 4.79 Å². The predicted molar refractivity (Wildman–Crippen MR) is 135 cm³/mol. The molecular formula is C27H34O13. The van der Waals surface area contributed by atoms with Crippen molar-refractivity contribution in [3.05, 3.63) is 35.4 Å². The van der Waals surface area contributed by atoms with E-state index in [9.17, 15) is 35.1 Å². The normalized spacial score (nSPS) is 31.9. The van der Waals surface area contributed by atoms with Gasteiger partial charge < -0.3 is 54.0 Å². The Balaban J connectivity index is 1.34. The molecule has 13 heteroatoms. The van der Waals surface area contributed by atoms with Crippen molar-refractivity contribution in [2.75, 3.05) is 40.6 Å². The maximum Gasteiger partial charge on any atom is 0.330 e. The molecule has 0 radical (unpaired) electrons. The number of esters is 2. The molecule has 2 heterocycles. The molecule has 0 unspecified atom stereocenters. The Morgan fingerprint density at radius 3 is 2.42 bits per heavy atom. The van der Waals surface area contributed by atoms with Gasteiger partial charge in [0.1, 0.15) is 31.0 Å². The van der Waals surface area contributed by atoms with Gasteiger partial charge in [0.05, 0.1) is 40.0 Å². The molecule has 5 N–H and O–H groups in total. The topological polar surface area (TPSA) is 191 Å². The van der Waals surface area contributed by atoms with Gasteiger partial charge in [-0.15, -0.1) is 0 Å². The van der Waals surface area contributed by atoms with Gasteiger partial charge >= 0.3 is 11.9 Å². The molecule has 1 aliphatic carbocycles. The second-order valence-corrected chi connectivity index (χ2v) is 9.77. The molecule has 1 aromatic rings. The van der Waals surface area contributed by atoms with Crippen LogP contribution in [0, 0.1) is 17.8 Å². The standard InChI is InChI=1S/C27H34O13/c1-35-18-7-13(8-19(36-2)22(18)30)3-6-21(29)37-12-20-23(31)24(32)25(33)27(40-20)39-11-17-15-5-4-14(9-28)16(15)10-38-26(17)34/h3-4,6-8,15-17,20,23-25,27-28,30-33H,5,9-12H2,1-2H3/b6-3+/t15-,16+,17-,20-,23-,24+,25-,27+/m1/s1. The molecule has 0 bridgehead atoms. The monoisotopic (exact) mass is 566 g/mol. The number of benzene rings is 1. The molecule has 40 heavy (non-hydrogen) atoms. The molecule has 220 valence electrons. The van der Waals surface area contributed by atoms with Crippen molar-refractivity contribution in [1.82, 2.24) is 0 Å². The maximum atomic E-state index is 12.4. The lowest BCUT2D eigenvalue weighted by Gasteiger charge is -2.41. The highest BCUT2D eigenvalue weighted by Crippen LogP contribution is 2.41. The minimum absolute atomic E-state index is 0.120. The third-order valence-electron chi connectivity index (χ3n) is 7.47. The summed E-state index contributed by atoms with van der Waals surface area (Å²) in [5.41, 5.74) is 1.27. The lowest BCUT2D eigenvalue weighted by molar-refractivity contribution is -0.304. The number of phenolic OH excluding ortho intramolecular Hbond substituents is 1. The van der Waals surface area contributed by atoms with Crippen LogP contribution < -0.4 is 9.47 Å². The van der Waals surface area contributed by atoms with E-state index < -0.39 is 55.2 Å². The Hall–Kier alpha value is -3.20. The lowest BCUT2D eigenvalue weighted by atomic mass is 9.80. The lowest BCUT2D eigenvalue weighted by Crippen LogP contribution is -2.59. The van der Waals surface area contributed by atoms with Gasteiger partial charge in [0.25, 0.3) is 0 Å². The minimum atomic E-state index is -1.67. The summed E-state index contributed by atoms with van der Waals surface area (Å²) in [6.45, 7) is -0.620. The molecule has 0 amide bonds. The van der Waals surface area contributed by atoms with Crippen molar-refractivity contribution in [3.63, 3.8) is 0 Å². The smallest absolute Gasteiger partial charge is 0.330 e. The fraction of sp³-hybridized carbons (Fsp3) is 0.556. The van der Waals surface area contributed by atoms with E-state index in [0.29, 0.717) is 12.0 Å². The van der Waals surface area contributed by atoms with Crippen LogP contribution in [0.4, 0.5) is 0 Å². The highest BCUT2D eigenvalue weighted by molar-refractivity contribution is 5.87. The molecule has 0 spiro atoms. The quantitative estimate of drug-likeness (QED) is 0.139. The van der Waals surface area contributed by atoms with Gasteiger partial charge in [-0.3, -0.25) is 4.79 Å². The summed E-state index contributed by atoms with van der Waals surface area (Å²) in [6, 6.07) is 2.96.